The first-order valence-electron chi connectivity index (χ1n) is 7.51. The second-order valence-electron chi connectivity index (χ2n) is 5.40. The van der Waals surface area contributed by atoms with Gasteiger partial charge in [-0.25, -0.2) is 0 Å². The Morgan fingerprint density at radius 2 is 2.10 bits per heavy atom. The molecular weight excluding hydrogens is 252 g/mol. The number of carbonyl (C=O) groups excluding carboxylic acids is 1. The van der Waals surface area contributed by atoms with Crippen LogP contribution in [0.4, 0.5) is 5.69 Å². The van der Waals surface area contributed by atoms with Crippen LogP contribution in [-0.4, -0.2) is 19.1 Å². The molecule has 2 rings (SSSR count). The zero-order chi connectivity index (χ0) is 14.4. The number of carbonyl (C=O) groups is 1. The molecule has 1 fully saturated rings. The third-order valence-electron chi connectivity index (χ3n) is 3.85. The van der Waals surface area contributed by atoms with Crippen LogP contribution in [-0.2, 0) is 0 Å². The quantitative estimate of drug-likeness (QED) is 0.813. The Labute approximate surface area is 120 Å². The summed E-state index contributed by atoms with van der Waals surface area (Å²) in [6.45, 7) is 3.24. The summed E-state index contributed by atoms with van der Waals surface area (Å²) in [7, 11) is 0. The van der Waals surface area contributed by atoms with Gasteiger partial charge in [0.2, 0.25) is 0 Å². The van der Waals surface area contributed by atoms with E-state index in [-0.39, 0.29) is 5.91 Å². The minimum atomic E-state index is -0.0506. The molecule has 1 aromatic carbocycles. The van der Waals surface area contributed by atoms with Crippen molar-refractivity contribution in [3.05, 3.63) is 23.8 Å². The number of nitrogens with two attached hydrogens (primary N) is 1. The monoisotopic (exact) mass is 276 g/mol. The van der Waals surface area contributed by atoms with E-state index in [0.29, 0.717) is 29.5 Å². The summed E-state index contributed by atoms with van der Waals surface area (Å²) >= 11 is 0. The van der Waals surface area contributed by atoms with E-state index >= 15 is 0 Å². The van der Waals surface area contributed by atoms with Crippen LogP contribution in [0, 0.1) is 5.92 Å². The molecule has 0 atom stereocenters. The third kappa shape index (κ3) is 3.89. The molecule has 1 aliphatic rings. The molecule has 0 aliphatic heterocycles. The number of ether oxygens (including phenoxy) is 1. The molecule has 0 radical (unpaired) electrons. The molecule has 1 aromatic rings. The van der Waals surface area contributed by atoms with Crippen LogP contribution in [0.25, 0.3) is 0 Å². The van der Waals surface area contributed by atoms with Gasteiger partial charge in [0.1, 0.15) is 5.75 Å². The molecule has 0 unspecified atom stereocenters. The third-order valence-corrected chi connectivity index (χ3v) is 3.85. The largest absolute Gasteiger partial charge is 0.492 e. The van der Waals surface area contributed by atoms with Crippen molar-refractivity contribution in [1.29, 1.82) is 0 Å². The normalized spacial score (nSPS) is 15.8. The molecule has 110 valence electrons. The lowest BCUT2D eigenvalue weighted by Gasteiger charge is -2.21. The Balaban J connectivity index is 1.89. The second-order valence-corrected chi connectivity index (χ2v) is 5.40. The van der Waals surface area contributed by atoms with Gasteiger partial charge in [-0.3, -0.25) is 4.79 Å². The van der Waals surface area contributed by atoms with Crippen molar-refractivity contribution < 1.29 is 9.53 Å². The summed E-state index contributed by atoms with van der Waals surface area (Å²) in [6, 6.07) is 5.20. The fourth-order valence-electron chi connectivity index (χ4n) is 2.71. The predicted molar refractivity (Wildman–Crippen MR) is 80.9 cm³/mol. The van der Waals surface area contributed by atoms with Crippen molar-refractivity contribution in [1.82, 2.24) is 5.32 Å². The van der Waals surface area contributed by atoms with E-state index < -0.39 is 0 Å². The highest BCUT2D eigenvalue weighted by Gasteiger charge is 2.15. The van der Waals surface area contributed by atoms with E-state index in [0.717, 1.165) is 6.54 Å². The summed E-state index contributed by atoms with van der Waals surface area (Å²) < 4.78 is 5.37. The number of anilines is 1. The van der Waals surface area contributed by atoms with Crippen LogP contribution in [0.5, 0.6) is 5.75 Å². The first kappa shape index (κ1) is 14.7. The van der Waals surface area contributed by atoms with Crippen LogP contribution in [0.1, 0.15) is 49.4 Å². The van der Waals surface area contributed by atoms with Gasteiger partial charge in [0.25, 0.3) is 5.91 Å². The summed E-state index contributed by atoms with van der Waals surface area (Å²) in [4.78, 5) is 12.1. The van der Waals surface area contributed by atoms with Gasteiger partial charge in [0, 0.05) is 12.1 Å². The highest BCUT2D eigenvalue weighted by molar-refractivity contribution is 5.95. The van der Waals surface area contributed by atoms with Crippen molar-refractivity contribution >= 4 is 11.6 Å². The number of nitrogen functional groups attached to an aromatic ring is 1. The van der Waals surface area contributed by atoms with Gasteiger partial charge in [0.05, 0.1) is 12.3 Å². The van der Waals surface area contributed by atoms with E-state index in [1.54, 1.807) is 18.2 Å². The van der Waals surface area contributed by atoms with Crippen LogP contribution in [0.3, 0.4) is 0 Å². The van der Waals surface area contributed by atoms with Crippen LogP contribution >= 0.6 is 0 Å². The number of rotatable bonds is 5. The molecule has 0 spiro atoms. The lowest BCUT2D eigenvalue weighted by atomic mass is 9.89. The molecule has 4 nitrogen and oxygen atoms in total. The lowest BCUT2D eigenvalue weighted by Crippen LogP contribution is -2.30. The van der Waals surface area contributed by atoms with Gasteiger partial charge < -0.3 is 15.8 Å². The summed E-state index contributed by atoms with van der Waals surface area (Å²) in [6.07, 6.45) is 6.37. The maximum absolute atomic E-state index is 12.1. The topological polar surface area (TPSA) is 64.3 Å². The molecule has 20 heavy (non-hydrogen) atoms. The van der Waals surface area contributed by atoms with Gasteiger partial charge in [-0.15, -0.1) is 0 Å². The van der Waals surface area contributed by atoms with E-state index in [2.05, 4.69) is 5.32 Å². The summed E-state index contributed by atoms with van der Waals surface area (Å²) in [5, 5.41) is 3.01. The molecule has 3 N–H and O–H groups in total. The van der Waals surface area contributed by atoms with Crippen LogP contribution in [0.2, 0.25) is 0 Å². The SMILES string of the molecule is CCOc1ccc(C(=O)NCC2CCCCC2)cc1N. The van der Waals surface area contributed by atoms with E-state index in [9.17, 15) is 4.79 Å². The van der Waals surface area contributed by atoms with Gasteiger partial charge >= 0.3 is 0 Å². The summed E-state index contributed by atoms with van der Waals surface area (Å²) in [5.41, 5.74) is 6.99. The zero-order valence-electron chi connectivity index (χ0n) is 12.2. The van der Waals surface area contributed by atoms with Gasteiger partial charge in [-0.1, -0.05) is 19.3 Å². The maximum Gasteiger partial charge on any atom is 0.251 e. The van der Waals surface area contributed by atoms with Crippen molar-refractivity contribution in [3.8, 4) is 5.75 Å². The van der Waals surface area contributed by atoms with Gasteiger partial charge in [-0.2, -0.15) is 0 Å². The Kier molecular flexibility index (Phi) is 5.27. The maximum atomic E-state index is 12.1. The molecule has 1 saturated carbocycles. The van der Waals surface area contributed by atoms with Crippen LogP contribution in [0.15, 0.2) is 18.2 Å². The van der Waals surface area contributed by atoms with Gasteiger partial charge in [-0.05, 0) is 43.9 Å². The number of hydrogen-bond donors (Lipinski definition) is 2. The Bertz CT molecular complexity index is 454. The highest BCUT2D eigenvalue weighted by atomic mass is 16.5. The molecule has 0 aromatic heterocycles. The molecular formula is C16H24N2O2. The van der Waals surface area contributed by atoms with E-state index in [4.69, 9.17) is 10.5 Å². The predicted octanol–water partition coefficient (Wildman–Crippen LogP) is 2.98. The minimum Gasteiger partial charge on any atom is -0.492 e. The van der Waals surface area contributed by atoms with E-state index in [1.165, 1.54) is 32.1 Å². The first-order valence-corrected chi connectivity index (χ1v) is 7.51. The smallest absolute Gasteiger partial charge is 0.251 e. The fraction of sp³-hybridized carbons (Fsp3) is 0.562. The average molecular weight is 276 g/mol. The number of benzene rings is 1. The van der Waals surface area contributed by atoms with Gasteiger partial charge in [0.15, 0.2) is 0 Å². The van der Waals surface area contributed by atoms with Crippen LogP contribution < -0.4 is 15.8 Å². The van der Waals surface area contributed by atoms with Crippen molar-refractivity contribution in [2.75, 3.05) is 18.9 Å². The van der Waals surface area contributed by atoms with Crippen molar-refractivity contribution in [2.24, 2.45) is 5.92 Å². The standard InChI is InChI=1S/C16H24N2O2/c1-2-20-15-9-8-13(10-14(15)17)16(19)18-11-12-6-4-3-5-7-12/h8-10,12H,2-7,11,17H2,1H3,(H,18,19). The molecule has 0 bridgehead atoms. The second kappa shape index (κ2) is 7.17. The molecule has 1 aliphatic carbocycles. The first-order chi connectivity index (χ1) is 9.70. The number of hydrogen-bond acceptors (Lipinski definition) is 3. The van der Waals surface area contributed by atoms with Crippen molar-refractivity contribution in [3.63, 3.8) is 0 Å². The van der Waals surface area contributed by atoms with E-state index in [1.807, 2.05) is 6.92 Å². The zero-order valence-corrected chi connectivity index (χ0v) is 12.2. The Hall–Kier alpha value is -1.71. The molecule has 0 saturated heterocycles. The molecule has 4 heteroatoms. The minimum absolute atomic E-state index is 0.0506. The number of nitrogens with one attached hydrogen (secondary N) is 1. The summed E-state index contributed by atoms with van der Waals surface area (Å²) in [5.74, 6) is 1.22. The highest BCUT2D eigenvalue weighted by Crippen LogP contribution is 2.24. The fourth-order valence-corrected chi connectivity index (χ4v) is 2.71. The van der Waals surface area contributed by atoms with Crippen molar-refractivity contribution in [2.45, 2.75) is 39.0 Å². The average Bonchev–Trinajstić information content (AvgIpc) is 2.48. The Morgan fingerprint density at radius 3 is 2.75 bits per heavy atom. The number of amides is 1. The molecule has 0 heterocycles. The molecule has 1 amide bonds. The Morgan fingerprint density at radius 1 is 1.35 bits per heavy atom. The lowest BCUT2D eigenvalue weighted by molar-refractivity contribution is 0.0943.